The Hall–Kier alpha value is -6.64. The van der Waals surface area contributed by atoms with Gasteiger partial charge in [-0.15, -0.1) is 0 Å². The van der Waals surface area contributed by atoms with Gasteiger partial charge >= 0.3 is 0 Å². The van der Waals surface area contributed by atoms with Gasteiger partial charge in [-0.1, -0.05) is 148 Å². The quantitative estimate of drug-likeness (QED) is 0.144. The summed E-state index contributed by atoms with van der Waals surface area (Å²) < 4.78 is 2.34. The van der Waals surface area contributed by atoms with Gasteiger partial charge in [0.05, 0.1) is 11.0 Å². The summed E-state index contributed by atoms with van der Waals surface area (Å²) in [5, 5.41) is 2.48. The van der Waals surface area contributed by atoms with Crippen molar-refractivity contribution in [1.29, 1.82) is 0 Å². The molecule has 1 aromatic heterocycles. The van der Waals surface area contributed by atoms with Crippen molar-refractivity contribution in [2.45, 2.75) is 26.2 Å². The van der Waals surface area contributed by atoms with E-state index in [1.54, 1.807) is 0 Å². The SMILES string of the molecule is C=C/C=C\C(=C/C)n1c2ccccc2c2cc(-c3ccc(N(c4cccc(-c5ccccc5)c4)c4ccc5c(c4)C(C)(C)c4ccccc4-5)cc3)ccc21. The lowest BCUT2D eigenvalue weighted by Crippen LogP contribution is -2.16. The summed E-state index contributed by atoms with van der Waals surface area (Å²) in [6, 6.07) is 60.0. The third-order valence-electron chi connectivity index (χ3n) is 11.1. The second-order valence-electron chi connectivity index (χ2n) is 14.6. The van der Waals surface area contributed by atoms with Crippen LogP contribution in [0.4, 0.5) is 17.1 Å². The second-order valence-corrected chi connectivity index (χ2v) is 14.6. The van der Waals surface area contributed by atoms with Gasteiger partial charge in [-0.25, -0.2) is 0 Å². The number of hydrogen-bond acceptors (Lipinski definition) is 1. The van der Waals surface area contributed by atoms with E-state index in [1.807, 2.05) is 12.2 Å². The minimum absolute atomic E-state index is 0.0965. The number of fused-ring (bicyclic) bond motifs is 6. The standard InChI is InChI=1S/C52H42N2/c1-5-7-19-40(6-2)54-50-24-14-12-22-46(50)47-34-39(27-32-51(47)54)37-25-28-41(29-26-37)53(42-20-15-18-38(33-42)36-16-9-8-10-17-36)43-30-31-45-44-21-11-13-23-48(44)52(3,4)49(45)35-43/h5-35H,1H2,2-4H3/b19-7-,40-6+. The lowest BCUT2D eigenvalue weighted by molar-refractivity contribution is 0.660. The van der Waals surface area contributed by atoms with Crippen LogP contribution in [0.2, 0.25) is 0 Å². The highest BCUT2D eigenvalue weighted by Gasteiger charge is 2.35. The van der Waals surface area contributed by atoms with Crippen molar-refractivity contribution in [3.63, 3.8) is 0 Å². The Labute approximate surface area is 318 Å². The molecule has 8 aromatic rings. The average Bonchev–Trinajstić information content (AvgIpc) is 3.67. The van der Waals surface area contributed by atoms with E-state index in [-0.39, 0.29) is 5.41 Å². The lowest BCUT2D eigenvalue weighted by atomic mass is 9.82. The van der Waals surface area contributed by atoms with E-state index in [0.29, 0.717) is 0 Å². The monoisotopic (exact) mass is 694 g/mol. The van der Waals surface area contributed by atoms with Crippen LogP contribution in [0.15, 0.2) is 195 Å². The molecule has 2 heteroatoms. The lowest BCUT2D eigenvalue weighted by Gasteiger charge is -2.28. The van der Waals surface area contributed by atoms with Crippen LogP contribution in [0.1, 0.15) is 31.9 Å². The van der Waals surface area contributed by atoms with Crippen LogP contribution >= 0.6 is 0 Å². The molecule has 0 radical (unpaired) electrons. The Kier molecular flexibility index (Phi) is 8.24. The molecule has 7 aromatic carbocycles. The average molecular weight is 695 g/mol. The van der Waals surface area contributed by atoms with Gasteiger partial charge in [-0.05, 0) is 112 Å². The first-order chi connectivity index (χ1) is 26.5. The van der Waals surface area contributed by atoms with E-state index < -0.39 is 0 Å². The molecule has 0 N–H and O–H groups in total. The third-order valence-corrected chi connectivity index (χ3v) is 11.1. The van der Waals surface area contributed by atoms with E-state index in [0.717, 1.165) is 22.8 Å². The molecule has 9 rings (SSSR count). The Balaban J connectivity index is 1.15. The molecule has 1 aliphatic carbocycles. The topological polar surface area (TPSA) is 8.17 Å². The number of anilines is 3. The number of nitrogens with zero attached hydrogens (tertiary/aromatic N) is 2. The summed E-state index contributed by atoms with van der Waals surface area (Å²) in [5.41, 5.74) is 16.9. The number of rotatable bonds is 8. The Morgan fingerprint density at radius 3 is 1.98 bits per heavy atom. The molecule has 0 amide bonds. The third kappa shape index (κ3) is 5.50. The van der Waals surface area contributed by atoms with E-state index in [9.17, 15) is 0 Å². The highest BCUT2D eigenvalue weighted by molar-refractivity contribution is 6.11. The van der Waals surface area contributed by atoms with Gasteiger partial charge in [0.2, 0.25) is 0 Å². The number of para-hydroxylation sites is 1. The first-order valence-corrected chi connectivity index (χ1v) is 18.8. The zero-order valence-electron chi connectivity index (χ0n) is 31.0. The Morgan fingerprint density at radius 1 is 0.537 bits per heavy atom. The maximum Gasteiger partial charge on any atom is 0.0541 e. The number of aromatic nitrogens is 1. The van der Waals surface area contributed by atoms with E-state index >= 15 is 0 Å². The predicted octanol–water partition coefficient (Wildman–Crippen LogP) is 14.5. The van der Waals surface area contributed by atoms with Gasteiger partial charge < -0.3 is 9.47 Å². The largest absolute Gasteiger partial charge is 0.310 e. The first-order valence-electron chi connectivity index (χ1n) is 18.8. The fourth-order valence-electron chi connectivity index (χ4n) is 8.43. The van der Waals surface area contributed by atoms with Gasteiger partial charge in [0.15, 0.2) is 0 Å². The maximum absolute atomic E-state index is 3.89. The molecular weight excluding hydrogens is 653 g/mol. The van der Waals surface area contributed by atoms with Crippen LogP contribution in [-0.4, -0.2) is 4.57 Å². The molecule has 0 unspecified atom stereocenters. The molecule has 0 saturated carbocycles. The molecule has 0 aliphatic heterocycles. The number of allylic oxidation sites excluding steroid dienone is 5. The minimum Gasteiger partial charge on any atom is -0.310 e. The van der Waals surface area contributed by atoms with E-state index in [2.05, 4.69) is 213 Å². The van der Waals surface area contributed by atoms with Crippen LogP contribution < -0.4 is 4.90 Å². The predicted molar refractivity (Wildman–Crippen MR) is 232 cm³/mol. The Bertz CT molecular complexity index is 2760. The van der Waals surface area contributed by atoms with Crippen LogP contribution in [-0.2, 0) is 5.41 Å². The van der Waals surface area contributed by atoms with Crippen LogP contribution in [0.3, 0.4) is 0 Å². The smallest absolute Gasteiger partial charge is 0.0541 e. The summed E-state index contributed by atoms with van der Waals surface area (Å²) in [6.45, 7) is 10.7. The second kappa shape index (κ2) is 13.4. The molecule has 2 nitrogen and oxygen atoms in total. The highest BCUT2D eigenvalue weighted by atomic mass is 15.1. The normalized spacial score (nSPS) is 13.4. The molecule has 54 heavy (non-hydrogen) atoms. The van der Waals surface area contributed by atoms with Gasteiger partial charge in [-0.2, -0.15) is 0 Å². The molecular formula is C52H42N2. The summed E-state index contributed by atoms with van der Waals surface area (Å²) in [7, 11) is 0. The van der Waals surface area contributed by atoms with Crippen molar-refractivity contribution in [3.05, 3.63) is 206 Å². The molecule has 0 spiro atoms. The fourth-order valence-corrected chi connectivity index (χ4v) is 8.43. The summed E-state index contributed by atoms with van der Waals surface area (Å²) in [6.07, 6.45) is 8.09. The van der Waals surface area contributed by atoms with Gasteiger partial charge in [0.25, 0.3) is 0 Å². The van der Waals surface area contributed by atoms with Crippen LogP contribution in [0, 0.1) is 0 Å². The highest BCUT2D eigenvalue weighted by Crippen LogP contribution is 2.50. The number of hydrogen-bond donors (Lipinski definition) is 0. The minimum atomic E-state index is -0.0965. The Morgan fingerprint density at radius 2 is 1.17 bits per heavy atom. The molecule has 0 bridgehead atoms. The van der Waals surface area contributed by atoms with Gasteiger partial charge in [0.1, 0.15) is 0 Å². The van der Waals surface area contributed by atoms with Crippen molar-refractivity contribution in [2.75, 3.05) is 4.90 Å². The molecule has 1 heterocycles. The van der Waals surface area contributed by atoms with Crippen molar-refractivity contribution in [1.82, 2.24) is 4.57 Å². The molecule has 1 aliphatic rings. The summed E-state index contributed by atoms with van der Waals surface area (Å²) in [4.78, 5) is 2.40. The fraction of sp³-hybridized carbons (Fsp3) is 0.0769. The van der Waals surface area contributed by atoms with E-state index in [1.165, 1.54) is 66.3 Å². The van der Waals surface area contributed by atoms with Crippen molar-refractivity contribution < 1.29 is 0 Å². The zero-order valence-corrected chi connectivity index (χ0v) is 31.0. The van der Waals surface area contributed by atoms with Crippen molar-refractivity contribution in [3.8, 4) is 33.4 Å². The van der Waals surface area contributed by atoms with Crippen LogP contribution in [0.5, 0.6) is 0 Å². The summed E-state index contributed by atoms with van der Waals surface area (Å²) in [5.74, 6) is 0. The van der Waals surface area contributed by atoms with Crippen molar-refractivity contribution >= 4 is 44.6 Å². The van der Waals surface area contributed by atoms with Crippen molar-refractivity contribution in [2.24, 2.45) is 0 Å². The number of benzene rings is 7. The molecule has 0 fully saturated rings. The van der Waals surface area contributed by atoms with Gasteiger partial charge in [-0.3, -0.25) is 0 Å². The van der Waals surface area contributed by atoms with Crippen LogP contribution in [0.25, 0.3) is 60.9 Å². The summed E-state index contributed by atoms with van der Waals surface area (Å²) >= 11 is 0. The van der Waals surface area contributed by atoms with Gasteiger partial charge in [0, 0.05) is 38.9 Å². The molecule has 0 saturated heterocycles. The first kappa shape index (κ1) is 33.2. The maximum atomic E-state index is 3.89. The molecule has 0 atom stereocenters. The van der Waals surface area contributed by atoms with E-state index in [4.69, 9.17) is 0 Å². The molecule has 260 valence electrons. The zero-order chi connectivity index (χ0) is 36.8.